The molecule has 0 atom stereocenters. The van der Waals surface area contributed by atoms with E-state index in [0.717, 1.165) is 36.7 Å². The minimum atomic E-state index is 0.859. The zero-order chi connectivity index (χ0) is 13.5. The van der Waals surface area contributed by atoms with Crippen molar-refractivity contribution in [2.24, 2.45) is 0 Å². The van der Waals surface area contributed by atoms with Crippen molar-refractivity contribution < 1.29 is 0 Å². The second kappa shape index (κ2) is 4.23. The summed E-state index contributed by atoms with van der Waals surface area (Å²) < 4.78 is 1.78. The molecule has 0 saturated heterocycles. The number of aromatic nitrogens is 3. The van der Waals surface area contributed by atoms with Crippen molar-refractivity contribution in [1.82, 2.24) is 14.6 Å². The number of anilines is 2. The fourth-order valence-electron chi connectivity index (χ4n) is 2.81. The highest BCUT2D eigenvalue weighted by atomic mass is 15.3. The molecule has 4 rings (SSSR count). The van der Waals surface area contributed by atoms with Crippen LogP contribution in [0, 0.1) is 0 Å². The Morgan fingerprint density at radius 1 is 1.15 bits per heavy atom. The van der Waals surface area contributed by atoms with Crippen LogP contribution in [0.4, 0.5) is 11.5 Å². The molecule has 1 aromatic carbocycles. The van der Waals surface area contributed by atoms with Crippen LogP contribution in [0.25, 0.3) is 5.65 Å². The van der Waals surface area contributed by atoms with Gasteiger partial charge in [-0.1, -0.05) is 12.1 Å². The maximum Gasteiger partial charge on any atom is 0.157 e. The quantitative estimate of drug-likeness (QED) is 0.682. The van der Waals surface area contributed by atoms with Gasteiger partial charge in [-0.25, -0.2) is 9.50 Å². The summed E-state index contributed by atoms with van der Waals surface area (Å²) in [5.41, 5.74) is 10.4. The third-order valence-electron chi connectivity index (χ3n) is 3.87. The minimum Gasteiger partial charge on any atom is -0.398 e. The van der Waals surface area contributed by atoms with Crippen molar-refractivity contribution in [2.45, 2.75) is 13.0 Å². The van der Waals surface area contributed by atoms with Gasteiger partial charge in [0.15, 0.2) is 5.65 Å². The Balaban J connectivity index is 1.70. The van der Waals surface area contributed by atoms with E-state index in [1.807, 2.05) is 30.5 Å². The van der Waals surface area contributed by atoms with Gasteiger partial charge in [0, 0.05) is 31.0 Å². The zero-order valence-corrected chi connectivity index (χ0v) is 11.0. The third-order valence-corrected chi connectivity index (χ3v) is 3.87. The minimum absolute atomic E-state index is 0.859. The molecule has 5 heteroatoms. The normalized spacial score (nSPS) is 14.5. The molecule has 0 bridgehead atoms. The average Bonchev–Trinajstić information content (AvgIpc) is 2.94. The van der Waals surface area contributed by atoms with Gasteiger partial charge in [-0.15, -0.1) is 0 Å². The Labute approximate surface area is 116 Å². The first-order valence-corrected chi connectivity index (χ1v) is 6.73. The number of hydrogen-bond donors (Lipinski definition) is 1. The first-order chi connectivity index (χ1) is 9.81. The Bertz CT molecular complexity index is 777. The van der Waals surface area contributed by atoms with Crippen LogP contribution in [0.5, 0.6) is 0 Å². The second-order valence-electron chi connectivity index (χ2n) is 5.08. The highest BCUT2D eigenvalue weighted by Gasteiger charge is 2.19. The molecule has 2 aromatic heterocycles. The number of benzene rings is 1. The van der Waals surface area contributed by atoms with E-state index >= 15 is 0 Å². The summed E-state index contributed by atoms with van der Waals surface area (Å²) in [6.45, 7) is 1.80. The molecule has 0 spiro atoms. The summed E-state index contributed by atoms with van der Waals surface area (Å²) >= 11 is 0. The Morgan fingerprint density at radius 3 is 3.05 bits per heavy atom. The molecule has 0 aliphatic carbocycles. The van der Waals surface area contributed by atoms with E-state index in [1.54, 1.807) is 10.7 Å². The van der Waals surface area contributed by atoms with E-state index in [0.29, 0.717) is 0 Å². The van der Waals surface area contributed by atoms with Crippen molar-refractivity contribution in [3.05, 3.63) is 53.9 Å². The van der Waals surface area contributed by atoms with Gasteiger partial charge in [0.25, 0.3) is 0 Å². The van der Waals surface area contributed by atoms with Crippen molar-refractivity contribution >= 4 is 17.2 Å². The number of nitrogens with zero attached hydrogens (tertiary/aromatic N) is 4. The lowest BCUT2D eigenvalue weighted by Crippen LogP contribution is -2.31. The topological polar surface area (TPSA) is 59.5 Å². The molecule has 1 aliphatic rings. The van der Waals surface area contributed by atoms with E-state index < -0.39 is 0 Å². The molecule has 0 saturated carbocycles. The molecule has 0 fully saturated rings. The van der Waals surface area contributed by atoms with Gasteiger partial charge >= 0.3 is 0 Å². The lowest BCUT2D eigenvalue weighted by molar-refractivity contribution is 0.721. The maximum atomic E-state index is 6.04. The first kappa shape index (κ1) is 11.3. The van der Waals surface area contributed by atoms with Gasteiger partial charge in [-0.2, -0.15) is 5.10 Å². The van der Waals surface area contributed by atoms with Gasteiger partial charge in [-0.3, -0.25) is 0 Å². The summed E-state index contributed by atoms with van der Waals surface area (Å²) in [6.07, 6.45) is 4.68. The highest BCUT2D eigenvalue weighted by Crippen LogP contribution is 2.26. The van der Waals surface area contributed by atoms with Gasteiger partial charge in [0.2, 0.25) is 0 Å². The monoisotopic (exact) mass is 265 g/mol. The summed E-state index contributed by atoms with van der Waals surface area (Å²) in [6, 6.07) is 10.1. The Morgan fingerprint density at radius 2 is 2.10 bits per heavy atom. The van der Waals surface area contributed by atoms with Crippen LogP contribution in [0.1, 0.15) is 11.1 Å². The molecule has 20 heavy (non-hydrogen) atoms. The molecular formula is C15H15N5. The van der Waals surface area contributed by atoms with Crippen LogP contribution in [0.2, 0.25) is 0 Å². The van der Waals surface area contributed by atoms with Crippen LogP contribution in [-0.4, -0.2) is 21.1 Å². The van der Waals surface area contributed by atoms with E-state index in [-0.39, 0.29) is 0 Å². The summed E-state index contributed by atoms with van der Waals surface area (Å²) in [4.78, 5) is 6.94. The van der Waals surface area contributed by atoms with Crippen LogP contribution in [0.15, 0.2) is 42.7 Å². The van der Waals surface area contributed by atoms with Gasteiger partial charge in [0.05, 0.1) is 6.20 Å². The lowest BCUT2D eigenvalue weighted by Gasteiger charge is -2.30. The SMILES string of the molecule is Nc1cccc2c1CCN(c1ccn3nccc3n1)C2. The van der Waals surface area contributed by atoms with E-state index in [2.05, 4.69) is 21.0 Å². The number of fused-ring (bicyclic) bond motifs is 2. The zero-order valence-electron chi connectivity index (χ0n) is 11.0. The fraction of sp³-hybridized carbons (Fsp3) is 0.200. The highest BCUT2D eigenvalue weighted by molar-refractivity contribution is 5.56. The molecule has 5 nitrogen and oxygen atoms in total. The number of nitrogens with two attached hydrogens (primary N) is 1. The van der Waals surface area contributed by atoms with Crippen molar-refractivity contribution in [1.29, 1.82) is 0 Å². The van der Waals surface area contributed by atoms with Crippen LogP contribution in [0.3, 0.4) is 0 Å². The van der Waals surface area contributed by atoms with Crippen molar-refractivity contribution in [3.8, 4) is 0 Å². The number of nitrogen functional groups attached to an aromatic ring is 1. The second-order valence-corrected chi connectivity index (χ2v) is 5.08. The largest absolute Gasteiger partial charge is 0.398 e. The number of rotatable bonds is 1. The van der Waals surface area contributed by atoms with E-state index in [4.69, 9.17) is 5.73 Å². The molecule has 0 amide bonds. The fourth-order valence-corrected chi connectivity index (χ4v) is 2.81. The van der Waals surface area contributed by atoms with Crippen LogP contribution < -0.4 is 10.6 Å². The van der Waals surface area contributed by atoms with Gasteiger partial charge in [0.1, 0.15) is 5.82 Å². The lowest BCUT2D eigenvalue weighted by atomic mass is 9.98. The molecule has 3 aromatic rings. The molecule has 100 valence electrons. The summed E-state index contributed by atoms with van der Waals surface area (Å²) in [5.74, 6) is 0.992. The molecule has 1 aliphatic heterocycles. The van der Waals surface area contributed by atoms with Crippen molar-refractivity contribution in [2.75, 3.05) is 17.2 Å². The summed E-state index contributed by atoms with van der Waals surface area (Å²) in [5, 5.41) is 4.17. The van der Waals surface area contributed by atoms with Gasteiger partial charge in [-0.05, 0) is 29.7 Å². The van der Waals surface area contributed by atoms with Crippen molar-refractivity contribution in [3.63, 3.8) is 0 Å². The maximum absolute atomic E-state index is 6.04. The average molecular weight is 265 g/mol. The predicted octanol–water partition coefficient (Wildman–Crippen LogP) is 1.87. The van der Waals surface area contributed by atoms with Gasteiger partial charge < -0.3 is 10.6 Å². The Hall–Kier alpha value is -2.56. The smallest absolute Gasteiger partial charge is 0.157 e. The number of hydrogen-bond acceptors (Lipinski definition) is 4. The third kappa shape index (κ3) is 1.71. The van der Waals surface area contributed by atoms with Crippen LogP contribution in [-0.2, 0) is 13.0 Å². The van der Waals surface area contributed by atoms with E-state index in [1.165, 1.54) is 11.1 Å². The molecule has 0 unspecified atom stereocenters. The molecular weight excluding hydrogens is 250 g/mol. The van der Waals surface area contributed by atoms with E-state index in [9.17, 15) is 0 Å². The first-order valence-electron chi connectivity index (χ1n) is 6.73. The standard InChI is InChI=1S/C15H15N5/c16-13-3-1-2-11-10-19(8-5-12(11)13)14-6-9-20-15(18-14)4-7-17-20/h1-4,6-7,9H,5,8,10,16H2. The molecule has 0 radical (unpaired) electrons. The Kier molecular flexibility index (Phi) is 2.39. The molecule has 3 heterocycles. The summed E-state index contributed by atoms with van der Waals surface area (Å²) in [7, 11) is 0. The predicted molar refractivity (Wildman–Crippen MR) is 78.6 cm³/mol. The molecule has 2 N–H and O–H groups in total. The van der Waals surface area contributed by atoms with Crippen LogP contribution >= 0.6 is 0 Å².